The highest BCUT2D eigenvalue weighted by Crippen LogP contribution is 2.35. The van der Waals surface area contributed by atoms with Gasteiger partial charge in [-0.05, 0) is 120 Å². The molecule has 0 atom stereocenters. The van der Waals surface area contributed by atoms with E-state index in [1.165, 1.54) is 27.8 Å². The molecule has 0 spiro atoms. The largest absolute Gasteiger partial charge is 0.423 e. The zero-order chi connectivity index (χ0) is 28.9. The van der Waals surface area contributed by atoms with Gasteiger partial charge in [-0.1, -0.05) is 75.4 Å². The van der Waals surface area contributed by atoms with Gasteiger partial charge in [0.25, 0.3) is 0 Å². The highest BCUT2D eigenvalue weighted by molar-refractivity contribution is 5.92. The summed E-state index contributed by atoms with van der Waals surface area (Å²) in [6, 6.07) is 39.0. The van der Waals surface area contributed by atoms with Crippen LogP contribution in [-0.4, -0.2) is 5.97 Å². The Kier molecular flexibility index (Phi) is 8.35. The van der Waals surface area contributed by atoms with Gasteiger partial charge in [0.1, 0.15) is 5.75 Å². The molecule has 0 amide bonds. The minimum absolute atomic E-state index is 0.377. The van der Waals surface area contributed by atoms with Crippen molar-refractivity contribution in [3.8, 4) is 16.9 Å². The van der Waals surface area contributed by atoms with Gasteiger partial charge in [-0.2, -0.15) is 0 Å². The third-order valence-corrected chi connectivity index (χ3v) is 7.44. The minimum atomic E-state index is -0.377. The van der Waals surface area contributed by atoms with E-state index in [1.807, 2.05) is 48.5 Å². The Labute approximate surface area is 244 Å². The number of ether oxygens (including phenoxy) is 1. The molecule has 0 heterocycles. The van der Waals surface area contributed by atoms with Crippen LogP contribution >= 0.6 is 0 Å². The molecule has 0 unspecified atom stereocenters. The van der Waals surface area contributed by atoms with Crippen molar-refractivity contribution in [3.63, 3.8) is 0 Å². The number of rotatable bonds is 8. The number of hydrogen-bond donors (Lipinski definition) is 0. The maximum Gasteiger partial charge on any atom is 0.343 e. The number of carbonyl (C=O) groups excluding carboxylic acids is 1. The molecule has 41 heavy (non-hydrogen) atoms. The number of nitrogens with zero attached hydrogens (tertiary/aromatic N) is 1. The molecule has 0 radical (unpaired) electrons. The third kappa shape index (κ3) is 6.41. The fraction of sp³-hybridized carbons (Fsp3) is 0.184. The second kappa shape index (κ2) is 12.3. The first kappa shape index (κ1) is 27.9. The normalized spacial score (nSPS) is 11.0. The van der Waals surface area contributed by atoms with E-state index in [1.54, 1.807) is 0 Å². The molecule has 3 heteroatoms. The SMILES string of the molecule is CCc1ccc(C(C)C)cc1-c1ccc(OC(=O)c2ccc(N(c3cccc(C)c3)c3cccc(C)c3)cc2)cc1. The Hall–Kier alpha value is -4.63. The molecule has 0 N–H and O–H groups in total. The average Bonchev–Trinajstić information content (AvgIpc) is 2.98. The molecule has 206 valence electrons. The lowest BCUT2D eigenvalue weighted by Gasteiger charge is -2.26. The maximum absolute atomic E-state index is 13.1. The summed E-state index contributed by atoms with van der Waals surface area (Å²) in [7, 11) is 0. The monoisotopic (exact) mass is 539 g/mol. The first-order valence-electron chi connectivity index (χ1n) is 14.3. The summed E-state index contributed by atoms with van der Waals surface area (Å²) in [6.45, 7) is 10.8. The quantitative estimate of drug-likeness (QED) is 0.145. The van der Waals surface area contributed by atoms with E-state index in [2.05, 4.69) is 106 Å². The molecule has 0 saturated heterocycles. The van der Waals surface area contributed by atoms with Crippen LogP contribution in [0.2, 0.25) is 0 Å². The Bertz CT molecular complexity index is 1600. The Morgan fingerprint density at radius 2 is 1.32 bits per heavy atom. The molecule has 0 fully saturated rings. The number of benzene rings is 5. The predicted octanol–water partition coefficient (Wildman–Crippen LogP) is 10.3. The first-order valence-corrected chi connectivity index (χ1v) is 14.3. The molecule has 0 saturated carbocycles. The van der Waals surface area contributed by atoms with Crippen molar-refractivity contribution in [3.05, 3.63) is 143 Å². The Morgan fingerprint density at radius 3 is 1.85 bits per heavy atom. The van der Waals surface area contributed by atoms with Crippen LogP contribution in [0.3, 0.4) is 0 Å². The molecular weight excluding hydrogens is 502 g/mol. The van der Waals surface area contributed by atoms with E-state index in [4.69, 9.17) is 4.74 Å². The third-order valence-electron chi connectivity index (χ3n) is 7.44. The molecule has 5 aromatic rings. The van der Waals surface area contributed by atoms with Gasteiger partial charge in [0.05, 0.1) is 5.56 Å². The first-order chi connectivity index (χ1) is 19.8. The molecule has 0 aliphatic rings. The van der Waals surface area contributed by atoms with Crippen LogP contribution in [0.5, 0.6) is 5.75 Å². The van der Waals surface area contributed by atoms with E-state index in [-0.39, 0.29) is 5.97 Å². The number of aryl methyl sites for hydroxylation is 3. The second-order valence-corrected chi connectivity index (χ2v) is 10.9. The summed E-state index contributed by atoms with van der Waals surface area (Å²) in [5.74, 6) is 0.618. The van der Waals surface area contributed by atoms with Gasteiger partial charge in [0, 0.05) is 17.1 Å². The van der Waals surface area contributed by atoms with Crippen molar-refractivity contribution < 1.29 is 9.53 Å². The van der Waals surface area contributed by atoms with Crippen LogP contribution in [0, 0.1) is 13.8 Å². The number of hydrogen-bond acceptors (Lipinski definition) is 3. The number of anilines is 3. The fourth-order valence-corrected chi connectivity index (χ4v) is 5.13. The van der Waals surface area contributed by atoms with Crippen LogP contribution in [-0.2, 0) is 6.42 Å². The zero-order valence-corrected chi connectivity index (χ0v) is 24.5. The van der Waals surface area contributed by atoms with Crippen LogP contribution in [0.25, 0.3) is 11.1 Å². The number of esters is 1. The van der Waals surface area contributed by atoms with Crippen molar-refractivity contribution in [2.24, 2.45) is 0 Å². The molecule has 5 aromatic carbocycles. The maximum atomic E-state index is 13.1. The smallest absolute Gasteiger partial charge is 0.343 e. The van der Waals surface area contributed by atoms with Crippen molar-refractivity contribution >= 4 is 23.0 Å². The van der Waals surface area contributed by atoms with Crippen molar-refractivity contribution in [1.29, 1.82) is 0 Å². The van der Waals surface area contributed by atoms with Gasteiger partial charge >= 0.3 is 5.97 Å². The van der Waals surface area contributed by atoms with Crippen LogP contribution < -0.4 is 9.64 Å². The number of carbonyl (C=O) groups is 1. The van der Waals surface area contributed by atoms with Crippen molar-refractivity contribution in [2.75, 3.05) is 4.90 Å². The lowest BCUT2D eigenvalue weighted by molar-refractivity contribution is 0.0735. The summed E-state index contributed by atoms with van der Waals surface area (Å²) in [4.78, 5) is 15.3. The van der Waals surface area contributed by atoms with Gasteiger partial charge in [0.2, 0.25) is 0 Å². The van der Waals surface area contributed by atoms with E-state index in [0.29, 0.717) is 17.2 Å². The van der Waals surface area contributed by atoms with E-state index in [0.717, 1.165) is 29.0 Å². The predicted molar refractivity (Wildman–Crippen MR) is 171 cm³/mol. The molecule has 0 bridgehead atoms. The van der Waals surface area contributed by atoms with Crippen LogP contribution in [0.4, 0.5) is 17.1 Å². The molecule has 3 nitrogen and oxygen atoms in total. The van der Waals surface area contributed by atoms with Crippen molar-refractivity contribution in [1.82, 2.24) is 0 Å². The van der Waals surface area contributed by atoms with E-state index in [9.17, 15) is 4.79 Å². The summed E-state index contributed by atoms with van der Waals surface area (Å²) in [5, 5.41) is 0. The zero-order valence-electron chi connectivity index (χ0n) is 24.5. The summed E-state index contributed by atoms with van der Waals surface area (Å²) < 4.78 is 5.76. The Balaban J connectivity index is 1.36. The summed E-state index contributed by atoms with van der Waals surface area (Å²) in [6.07, 6.45) is 0.964. The van der Waals surface area contributed by atoms with Gasteiger partial charge in [-0.3, -0.25) is 0 Å². The lowest BCUT2D eigenvalue weighted by Crippen LogP contribution is -2.12. The van der Waals surface area contributed by atoms with Crippen LogP contribution in [0.15, 0.2) is 115 Å². The van der Waals surface area contributed by atoms with Gasteiger partial charge in [-0.25, -0.2) is 4.79 Å². The Morgan fingerprint density at radius 1 is 0.707 bits per heavy atom. The van der Waals surface area contributed by atoms with Gasteiger partial charge in [-0.15, -0.1) is 0 Å². The molecule has 0 aliphatic carbocycles. The fourth-order valence-electron chi connectivity index (χ4n) is 5.13. The average molecular weight is 540 g/mol. The van der Waals surface area contributed by atoms with Crippen LogP contribution in [0.1, 0.15) is 59.3 Å². The standard InChI is InChI=1S/C38H37NO2/c1-6-29-13-14-32(26(2)3)25-37(29)30-17-21-36(22-18-30)41-38(40)31-15-19-33(20-16-31)39(34-11-7-9-27(4)23-34)35-12-8-10-28(5)24-35/h7-26H,6H2,1-5H3. The molecular formula is C38H37NO2. The van der Waals surface area contributed by atoms with Crippen molar-refractivity contribution in [2.45, 2.75) is 47.0 Å². The second-order valence-electron chi connectivity index (χ2n) is 10.9. The summed E-state index contributed by atoms with van der Waals surface area (Å²) in [5.41, 5.74) is 11.0. The highest BCUT2D eigenvalue weighted by atomic mass is 16.5. The van der Waals surface area contributed by atoms with E-state index >= 15 is 0 Å². The minimum Gasteiger partial charge on any atom is -0.423 e. The van der Waals surface area contributed by atoms with Gasteiger partial charge < -0.3 is 9.64 Å². The van der Waals surface area contributed by atoms with E-state index < -0.39 is 0 Å². The molecule has 5 rings (SSSR count). The lowest BCUT2D eigenvalue weighted by atomic mass is 9.92. The van der Waals surface area contributed by atoms with Gasteiger partial charge in [0.15, 0.2) is 0 Å². The highest BCUT2D eigenvalue weighted by Gasteiger charge is 2.15. The molecule has 0 aromatic heterocycles. The summed E-state index contributed by atoms with van der Waals surface area (Å²) >= 11 is 0. The molecule has 0 aliphatic heterocycles. The topological polar surface area (TPSA) is 29.5 Å².